The lowest BCUT2D eigenvalue weighted by atomic mass is 10.0. The summed E-state index contributed by atoms with van der Waals surface area (Å²) in [4.78, 5) is 2.42. The summed E-state index contributed by atoms with van der Waals surface area (Å²) in [5, 5.41) is 8.72. The third kappa shape index (κ3) is 3.95. The van der Waals surface area contributed by atoms with Crippen LogP contribution in [0.3, 0.4) is 0 Å². The highest BCUT2D eigenvalue weighted by Crippen LogP contribution is 2.16. The van der Waals surface area contributed by atoms with Crippen LogP contribution in [0.5, 0.6) is 5.75 Å². The molecule has 1 atom stereocenters. The number of rotatable bonds is 5. The van der Waals surface area contributed by atoms with Crippen molar-refractivity contribution >= 4 is 0 Å². The first kappa shape index (κ1) is 13.9. The second-order valence-corrected chi connectivity index (χ2v) is 4.91. The first-order valence-electron chi connectivity index (χ1n) is 6.90. The van der Waals surface area contributed by atoms with Crippen LogP contribution in [0, 0.1) is 11.3 Å². The van der Waals surface area contributed by atoms with E-state index in [2.05, 4.69) is 11.0 Å². The maximum Gasteiger partial charge on any atom is 0.119 e. The molecule has 0 amide bonds. The minimum absolute atomic E-state index is 0.512. The van der Waals surface area contributed by atoms with E-state index in [1.807, 2.05) is 12.1 Å². The molecule has 1 aliphatic heterocycles. The zero-order chi connectivity index (χ0) is 13.5. The molecular weight excluding hydrogens is 238 g/mol. The molecule has 0 radical (unpaired) electrons. The molecule has 1 aliphatic rings. The van der Waals surface area contributed by atoms with Crippen molar-refractivity contribution in [1.29, 1.82) is 5.26 Å². The Balaban J connectivity index is 1.77. The second-order valence-electron chi connectivity index (χ2n) is 4.91. The second kappa shape index (κ2) is 7.13. The first-order chi connectivity index (χ1) is 9.33. The molecule has 0 aliphatic carbocycles. The van der Waals surface area contributed by atoms with Crippen LogP contribution < -0.4 is 10.5 Å². The summed E-state index contributed by atoms with van der Waals surface area (Å²) in [5.41, 5.74) is 6.45. The van der Waals surface area contributed by atoms with Gasteiger partial charge in [0.1, 0.15) is 12.4 Å². The minimum Gasteiger partial charge on any atom is -0.492 e. The molecule has 1 aromatic rings. The van der Waals surface area contributed by atoms with Gasteiger partial charge in [-0.2, -0.15) is 5.26 Å². The fourth-order valence-corrected chi connectivity index (χ4v) is 2.53. The van der Waals surface area contributed by atoms with E-state index in [4.69, 9.17) is 15.7 Å². The lowest BCUT2D eigenvalue weighted by Gasteiger charge is -2.34. The maximum atomic E-state index is 8.72. The van der Waals surface area contributed by atoms with Crippen molar-refractivity contribution in [2.75, 3.05) is 26.2 Å². The molecule has 102 valence electrons. The molecule has 1 aromatic carbocycles. The average molecular weight is 259 g/mol. The predicted octanol–water partition coefficient (Wildman–Crippen LogP) is 1.75. The number of piperidine rings is 1. The Labute approximate surface area is 114 Å². The van der Waals surface area contributed by atoms with Crippen molar-refractivity contribution in [3.05, 3.63) is 29.8 Å². The van der Waals surface area contributed by atoms with Gasteiger partial charge in [-0.25, -0.2) is 0 Å². The molecule has 0 aromatic heterocycles. The Morgan fingerprint density at radius 3 is 2.79 bits per heavy atom. The zero-order valence-electron chi connectivity index (χ0n) is 11.2. The molecule has 2 rings (SSSR count). The van der Waals surface area contributed by atoms with Crippen LogP contribution in [-0.2, 0) is 0 Å². The Hall–Kier alpha value is -1.57. The van der Waals surface area contributed by atoms with Crippen LogP contribution in [0.4, 0.5) is 0 Å². The molecule has 0 spiro atoms. The van der Waals surface area contributed by atoms with E-state index in [1.54, 1.807) is 12.1 Å². The average Bonchev–Trinajstić information content (AvgIpc) is 2.48. The summed E-state index contributed by atoms with van der Waals surface area (Å²) in [5.74, 6) is 0.820. The van der Waals surface area contributed by atoms with Gasteiger partial charge in [-0.3, -0.25) is 4.90 Å². The highest BCUT2D eigenvalue weighted by atomic mass is 16.5. The number of hydrogen-bond donors (Lipinski definition) is 1. The fraction of sp³-hybridized carbons (Fsp3) is 0.533. The highest BCUT2D eigenvalue weighted by molar-refractivity contribution is 5.34. The molecule has 1 heterocycles. The smallest absolute Gasteiger partial charge is 0.119 e. The van der Waals surface area contributed by atoms with Crippen molar-refractivity contribution in [3.8, 4) is 11.8 Å². The Morgan fingerprint density at radius 2 is 2.11 bits per heavy atom. The van der Waals surface area contributed by atoms with Crippen molar-refractivity contribution in [2.24, 2.45) is 5.73 Å². The van der Waals surface area contributed by atoms with Crippen LogP contribution in [0.2, 0.25) is 0 Å². The standard InChI is InChI=1S/C15H21N3O/c16-11-13-4-6-15(7-5-13)19-10-9-18-8-2-1-3-14(18)12-17/h4-7,14H,1-3,8-10,12,17H2. The summed E-state index contributed by atoms with van der Waals surface area (Å²) < 4.78 is 5.71. The van der Waals surface area contributed by atoms with Gasteiger partial charge in [-0.05, 0) is 43.7 Å². The van der Waals surface area contributed by atoms with E-state index in [0.29, 0.717) is 18.2 Å². The summed E-state index contributed by atoms with van der Waals surface area (Å²) in [6.45, 7) is 3.44. The van der Waals surface area contributed by atoms with E-state index < -0.39 is 0 Å². The van der Waals surface area contributed by atoms with E-state index in [0.717, 1.165) is 25.4 Å². The number of hydrogen-bond acceptors (Lipinski definition) is 4. The van der Waals surface area contributed by atoms with E-state index in [1.165, 1.54) is 19.3 Å². The van der Waals surface area contributed by atoms with Crippen LogP contribution in [0.1, 0.15) is 24.8 Å². The summed E-state index contributed by atoms with van der Waals surface area (Å²) in [7, 11) is 0. The van der Waals surface area contributed by atoms with Gasteiger partial charge in [0.2, 0.25) is 0 Å². The third-order valence-corrected chi connectivity index (χ3v) is 3.65. The van der Waals surface area contributed by atoms with Crippen LogP contribution >= 0.6 is 0 Å². The zero-order valence-corrected chi connectivity index (χ0v) is 11.2. The molecule has 0 saturated carbocycles. The van der Waals surface area contributed by atoms with Crippen molar-refractivity contribution in [2.45, 2.75) is 25.3 Å². The van der Waals surface area contributed by atoms with Crippen molar-refractivity contribution in [3.63, 3.8) is 0 Å². The number of nitrogens with two attached hydrogens (primary N) is 1. The largest absolute Gasteiger partial charge is 0.492 e. The van der Waals surface area contributed by atoms with Crippen LogP contribution in [0.15, 0.2) is 24.3 Å². The predicted molar refractivity (Wildman–Crippen MR) is 74.9 cm³/mol. The first-order valence-corrected chi connectivity index (χ1v) is 6.90. The summed E-state index contributed by atoms with van der Waals surface area (Å²) in [6.07, 6.45) is 3.75. The van der Waals surface area contributed by atoms with Gasteiger partial charge in [-0.1, -0.05) is 6.42 Å². The molecule has 0 bridgehead atoms. The molecule has 1 saturated heterocycles. The topological polar surface area (TPSA) is 62.3 Å². The van der Waals surface area contributed by atoms with E-state index >= 15 is 0 Å². The van der Waals surface area contributed by atoms with Gasteiger partial charge in [0.05, 0.1) is 11.6 Å². The summed E-state index contributed by atoms with van der Waals surface area (Å²) >= 11 is 0. The highest BCUT2D eigenvalue weighted by Gasteiger charge is 2.20. The van der Waals surface area contributed by atoms with E-state index in [-0.39, 0.29) is 0 Å². The third-order valence-electron chi connectivity index (χ3n) is 3.65. The van der Waals surface area contributed by atoms with Crippen LogP contribution in [-0.4, -0.2) is 37.2 Å². The fourth-order valence-electron chi connectivity index (χ4n) is 2.53. The van der Waals surface area contributed by atoms with Gasteiger partial charge in [0.15, 0.2) is 0 Å². The number of likely N-dealkylation sites (tertiary alicyclic amines) is 1. The van der Waals surface area contributed by atoms with Gasteiger partial charge in [0, 0.05) is 19.1 Å². The molecule has 19 heavy (non-hydrogen) atoms. The lowest BCUT2D eigenvalue weighted by Crippen LogP contribution is -2.45. The van der Waals surface area contributed by atoms with Gasteiger partial charge in [0.25, 0.3) is 0 Å². The van der Waals surface area contributed by atoms with Crippen molar-refractivity contribution < 1.29 is 4.74 Å². The Morgan fingerprint density at radius 1 is 1.32 bits per heavy atom. The summed E-state index contributed by atoms with van der Waals surface area (Å²) in [6, 6.07) is 9.85. The normalized spacial score (nSPS) is 19.9. The maximum absolute atomic E-state index is 8.72. The number of nitriles is 1. The number of benzene rings is 1. The number of ether oxygens (including phenoxy) is 1. The van der Waals surface area contributed by atoms with Gasteiger partial charge >= 0.3 is 0 Å². The Bertz CT molecular complexity index is 424. The van der Waals surface area contributed by atoms with E-state index in [9.17, 15) is 0 Å². The minimum atomic E-state index is 0.512. The monoisotopic (exact) mass is 259 g/mol. The SMILES string of the molecule is N#Cc1ccc(OCCN2CCCCC2CN)cc1. The van der Waals surface area contributed by atoms with Crippen molar-refractivity contribution in [1.82, 2.24) is 4.90 Å². The van der Waals surface area contributed by atoms with Crippen LogP contribution in [0.25, 0.3) is 0 Å². The molecule has 1 fully saturated rings. The molecule has 1 unspecified atom stereocenters. The number of nitrogens with zero attached hydrogens (tertiary/aromatic N) is 2. The van der Waals surface area contributed by atoms with Gasteiger partial charge in [-0.15, -0.1) is 0 Å². The molecule has 4 nitrogen and oxygen atoms in total. The quantitative estimate of drug-likeness (QED) is 0.875. The molecular formula is C15H21N3O. The lowest BCUT2D eigenvalue weighted by molar-refractivity contribution is 0.127. The van der Waals surface area contributed by atoms with Gasteiger partial charge < -0.3 is 10.5 Å². The molecule has 4 heteroatoms. The Kier molecular flexibility index (Phi) is 5.20. The molecule has 2 N–H and O–H groups in total.